The van der Waals surface area contributed by atoms with Gasteiger partial charge < -0.3 is 14.5 Å². The van der Waals surface area contributed by atoms with Gasteiger partial charge in [0.25, 0.3) is 0 Å². The summed E-state index contributed by atoms with van der Waals surface area (Å²) in [5.74, 6) is -0.350. The number of esters is 1. The summed E-state index contributed by atoms with van der Waals surface area (Å²) in [7, 11) is 3.55. The maximum absolute atomic E-state index is 11.7. The standard InChI is InChI=1S/C22H24N4O2/c1-25-10-12-26(13-11-25)19-8-6-16(7-9-19)20-15-21(24-23-20)17-4-3-5-18(14-17)22(27)28-2/h3-9,14-15H,10-13H2,1-2H3,(H,23,24). The van der Waals surface area contributed by atoms with E-state index in [0.29, 0.717) is 5.56 Å². The van der Waals surface area contributed by atoms with Crippen LogP contribution in [-0.2, 0) is 4.74 Å². The van der Waals surface area contributed by atoms with Gasteiger partial charge in [0.2, 0.25) is 0 Å². The first-order valence-electron chi connectivity index (χ1n) is 9.42. The van der Waals surface area contributed by atoms with Crippen LogP contribution in [0, 0.1) is 0 Å². The van der Waals surface area contributed by atoms with Gasteiger partial charge in [-0.1, -0.05) is 24.3 Å². The van der Waals surface area contributed by atoms with Crippen LogP contribution in [0.25, 0.3) is 22.5 Å². The summed E-state index contributed by atoms with van der Waals surface area (Å²) < 4.78 is 4.79. The lowest BCUT2D eigenvalue weighted by atomic mass is 10.1. The molecule has 1 aliphatic heterocycles. The zero-order chi connectivity index (χ0) is 19.5. The highest BCUT2D eigenvalue weighted by molar-refractivity contribution is 5.90. The number of rotatable bonds is 4. The number of carbonyl (C=O) groups is 1. The number of nitrogens with one attached hydrogen (secondary N) is 1. The quantitative estimate of drug-likeness (QED) is 0.708. The predicted molar refractivity (Wildman–Crippen MR) is 111 cm³/mol. The van der Waals surface area contributed by atoms with E-state index in [1.807, 2.05) is 18.2 Å². The van der Waals surface area contributed by atoms with E-state index >= 15 is 0 Å². The van der Waals surface area contributed by atoms with Gasteiger partial charge in [0, 0.05) is 37.4 Å². The number of methoxy groups -OCH3 is 1. The molecule has 1 N–H and O–H groups in total. The SMILES string of the molecule is COC(=O)c1cccc(-c2cc(-c3ccc(N4CCN(C)CC4)cc3)[nH]n2)c1. The molecule has 0 saturated carbocycles. The van der Waals surface area contributed by atoms with E-state index in [1.54, 1.807) is 12.1 Å². The van der Waals surface area contributed by atoms with Gasteiger partial charge in [-0.15, -0.1) is 0 Å². The van der Waals surface area contributed by atoms with Crippen molar-refractivity contribution in [1.82, 2.24) is 15.1 Å². The third-order valence-corrected chi connectivity index (χ3v) is 5.20. The van der Waals surface area contributed by atoms with E-state index in [0.717, 1.165) is 48.7 Å². The highest BCUT2D eigenvalue weighted by Crippen LogP contribution is 2.26. The minimum atomic E-state index is -0.350. The van der Waals surface area contributed by atoms with Crippen LogP contribution < -0.4 is 4.90 Å². The van der Waals surface area contributed by atoms with E-state index < -0.39 is 0 Å². The van der Waals surface area contributed by atoms with Gasteiger partial charge in [-0.05, 0) is 42.9 Å². The summed E-state index contributed by atoms with van der Waals surface area (Å²) in [6, 6.07) is 17.9. The molecule has 0 unspecified atom stereocenters. The maximum Gasteiger partial charge on any atom is 0.337 e. The first kappa shape index (κ1) is 18.3. The van der Waals surface area contributed by atoms with Gasteiger partial charge in [-0.2, -0.15) is 5.10 Å². The van der Waals surface area contributed by atoms with Gasteiger partial charge in [0.05, 0.1) is 24.1 Å². The Kier molecular flexibility index (Phi) is 5.12. The average Bonchev–Trinajstić information content (AvgIpc) is 3.24. The molecular weight excluding hydrogens is 352 g/mol. The second-order valence-corrected chi connectivity index (χ2v) is 7.08. The van der Waals surface area contributed by atoms with Crippen LogP contribution in [0.4, 0.5) is 5.69 Å². The molecule has 0 atom stereocenters. The van der Waals surface area contributed by atoms with E-state index in [4.69, 9.17) is 4.74 Å². The molecule has 0 radical (unpaired) electrons. The highest BCUT2D eigenvalue weighted by atomic mass is 16.5. The number of benzene rings is 2. The summed E-state index contributed by atoms with van der Waals surface area (Å²) >= 11 is 0. The molecule has 6 heteroatoms. The van der Waals surface area contributed by atoms with Crippen molar-refractivity contribution in [2.24, 2.45) is 0 Å². The second kappa shape index (κ2) is 7.86. The molecule has 144 valence electrons. The monoisotopic (exact) mass is 376 g/mol. The summed E-state index contributed by atoms with van der Waals surface area (Å²) in [6.45, 7) is 4.30. The number of ether oxygens (including phenoxy) is 1. The minimum absolute atomic E-state index is 0.350. The van der Waals surface area contributed by atoms with Gasteiger partial charge in [-0.25, -0.2) is 4.79 Å². The molecule has 1 saturated heterocycles. The Bertz CT molecular complexity index is 957. The van der Waals surface area contributed by atoms with Crippen molar-refractivity contribution in [2.45, 2.75) is 0 Å². The smallest absolute Gasteiger partial charge is 0.337 e. The molecule has 2 aromatic carbocycles. The molecule has 28 heavy (non-hydrogen) atoms. The molecule has 2 heterocycles. The molecule has 3 aromatic rings. The van der Waals surface area contributed by atoms with E-state index in [2.05, 4.69) is 51.3 Å². The van der Waals surface area contributed by atoms with Crippen molar-refractivity contribution in [2.75, 3.05) is 45.2 Å². The van der Waals surface area contributed by atoms with Crippen LogP contribution in [0.5, 0.6) is 0 Å². The maximum atomic E-state index is 11.7. The lowest BCUT2D eigenvalue weighted by molar-refractivity contribution is 0.0601. The largest absolute Gasteiger partial charge is 0.465 e. The first-order valence-corrected chi connectivity index (χ1v) is 9.42. The van der Waals surface area contributed by atoms with Gasteiger partial charge in [0.1, 0.15) is 0 Å². The molecular formula is C22H24N4O2. The van der Waals surface area contributed by atoms with E-state index in [9.17, 15) is 4.79 Å². The Labute approximate surface area is 164 Å². The van der Waals surface area contributed by atoms with Crippen LogP contribution in [0.1, 0.15) is 10.4 Å². The minimum Gasteiger partial charge on any atom is -0.465 e. The van der Waals surface area contributed by atoms with Crippen LogP contribution in [0.3, 0.4) is 0 Å². The normalized spacial score (nSPS) is 14.9. The molecule has 0 spiro atoms. The number of likely N-dealkylation sites (N-methyl/N-ethyl adjacent to an activating group) is 1. The number of anilines is 1. The molecule has 6 nitrogen and oxygen atoms in total. The summed E-state index contributed by atoms with van der Waals surface area (Å²) in [5.41, 5.74) is 5.47. The molecule has 1 aromatic heterocycles. The van der Waals surface area contributed by atoms with Crippen molar-refractivity contribution in [1.29, 1.82) is 0 Å². The molecule has 4 rings (SSSR count). The topological polar surface area (TPSA) is 61.5 Å². The fraction of sp³-hybridized carbons (Fsp3) is 0.273. The Balaban J connectivity index is 1.52. The predicted octanol–water partition coefficient (Wildman–Crippen LogP) is 3.28. The van der Waals surface area contributed by atoms with Crippen molar-refractivity contribution in [3.8, 4) is 22.5 Å². The number of piperazine rings is 1. The second-order valence-electron chi connectivity index (χ2n) is 7.08. The van der Waals surface area contributed by atoms with Crippen molar-refractivity contribution in [3.63, 3.8) is 0 Å². The lowest BCUT2D eigenvalue weighted by Gasteiger charge is -2.34. The summed E-state index contributed by atoms with van der Waals surface area (Å²) in [5, 5.41) is 7.52. The number of hydrogen-bond donors (Lipinski definition) is 1. The third kappa shape index (κ3) is 3.77. The Hall–Kier alpha value is -3.12. The van der Waals surface area contributed by atoms with Crippen molar-refractivity contribution >= 4 is 11.7 Å². The van der Waals surface area contributed by atoms with Crippen molar-refractivity contribution < 1.29 is 9.53 Å². The Morgan fingerprint density at radius 3 is 2.46 bits per heavy atom. The fourth-order valence-corrected chi connectivity index (χ4v) is 3.46. The number of aromatic nitrogens is 2. The Morgan fingerprint density at radius 2 is 1.75 bits per heavy atom. The van der Waals surface area contributed by atoms with Crippen molar-refractivity contribution in [3.05, 3.63) is 60.2 Å². The Morgan fingerprint density at radius 1 is 1.00 bits per heavy atom. The molecule has 0 amide bonds. The number of H-pyrrole nitrogens is 1. The third-order valence-electron chi connectivity index (χ3n) is 5.20. The highest BCUT2D eigenvalue weighted by Gasteiger charge is 2.15. The number of carbonyl (C=O) groups excluding carboxylic acids is 1. The van der Waals surface area contributed by atoms with E-state index in [1.165, 1.54) is 12.8 Å². The molecule has 0 aliphatic carbocycles. The van der Waals surface area contributed by atoms with Gasteiger partial charge in [0.15, 0.2) is 0 Å². The average molecular weight is 376 g/mol. The molecule has 1 aliphatic rings. The van der Waals surface area contributed by atoms with Crippen LogP contribution in [0.15, 0.2) is 54.6 Å². The fourth-order valence-electron chi connectivity index (χ4n) is 3.46. The van der Waals surface area contributed by atoms with Crippen LogP contribution in [0.2, 0.25) is 0 Å². The molecule has 1 fully saturated rings. The number of nitrogens with zero attached hydrogens (tertiary/aromatic N) is 3. The first-order chi connectivity index (χ1) is 13.6. The zero-order valence-electron chi connectivity index (χ0n) is 16.2. The summed E-state index contributed by atoms with van der Waals surface area (Å²) in [6.07, 6.45) is 0. The molecule has 0 bridgehead atoms. The van der Waals surface area contributed by atoms with E-state index in [-0.39, 0.29) is 5.97 Å². The van der Waals surface area contributed by atoms with Gasteiger partial charge >= 0.3 is 5.97 Å². The number of hydrogen-bond acceptors (Lipinski definition) is 5. The van der Waals surface area contributed by atoms with Crippen LogP contribution >= 0.6 is 0 Å². The lowest BCUT2D eigenvalue weighted by Crippen LogP contribution is -2.44. The van der Waals surface area contributed by atoms with Crippen LogP contribution in [-0.4, -0.2) is 61.4 Å². The zero-order valence-corrected chi connectivity index (χ0v) is 16.2. The number of aromatic amines is 1. The van der Waals surface area contributed by atoms with Gasteiger partial charge in [-0.3, -0.25) is 5.10 Å². The summed E-state index contributed by atoms with van der Waals surface area (Å²) in [4.78, 5) is 16.5.